The van der Waals surface area contributed by atoms with Gasteiger partial charge in [-0.15, -0.1) is 0 Å². The Balaban J connectivity index is 1.21. The Morgan fingerprint density at radius 2 is 1.93 bits per heavy atom. The smallest absolute Gasteiger partial charge is 0.349 e. The van der Waals surface area contributed by atoms with E-state index >= 15 is 0 Å². The van der Waals surface area contributed by atoms with Crippen LogP contribution in [0.25, 0.3) is 0 Å². The van der Waals surface area contributed by atoms with Gasteiger partial charge in [0.25, 0.3) is 0 Å². The molecule has 2 heterocycles. The number of aromatic hydroxyl groups is 1. The number of aliphatic hydroxyl groups excluding tert-OH is 1. The molecule has 11 nitrogen and oxygen atoms in total. The molecule has 2 bridgehead atoms. The molecule has 0 amide bonds. The van der Waals surface area contributed by atoms with Crippen molar-refractivity contribution in [1.82, 2.24) is 4.90 Å². The molecule has 1 fully saturated rings. The Kier molecular flexibility index (Phi) is 6.13. The predicted octanol–water partition coefficient (Wildman–Crippen LogP) is 1.33. The molecule has 1 spiro atoms. The van der Waals surface area contributed by atoms with Gasteiger partial charge in [-0.3, -0.25) is 4.79 Å². The highest BCUT2D eigenvalue weighted by molar-refractivity contribution is 5.85. The summed E-state index contributed by atoms with van der Waals surface area (Å²) in [6.07, 6.45) is -2.52. The van der Waals surface area contributed by atoms with Gasteiger partial charge >= 0.3 is 17.9 Å². The van der Waals surface area contributed by atoms with Crippen molar-refractivity contribution in [2.75, 3.05) is 13.6 Å². The molecule has 0 unspecified atom stereocenters. The predicted molar refractivity (Wildman–Crippen MR) is 136 cm³/mol. The molecule has 40 heavy (non-hydrogen) atoms. The first-order valence-corrected chi connectivity index (χ1v) is 13.1. The Hall–Kier alpha value is -3.93. The number of carboxylic acid groups (broad SMARTS) is 1. The lowest BCUT2D eigenvalue weighted by atomic mass is 9.50. The highest BCUT2D eigenvalue weighted by atomic mass is 16.6. The number of carbonyl (C=O) groups excluding carboxylic acids is 2. The van der Waals surface area contributed by atoms with Crippen molar-refractivity contribution in [3.63, 3.8) is 0 Å². The molecule has 2 aliphatic carbocycles. The SMILES string of the molecule is CN1CC[C@]23c4c5ccc(O)c4O[C@H]2C(OC(=O)C[C@H](O)C(=O)O[C@H](C(=O)O)c2ccccc2)=CC[C@@]3(O)[C@@H]1C5. The molecule has 0 aromatic heterocycles. The molecule has 1 saturated heterocycles. The van der Waals surface area contributed by atoms with Gasteiger partial charge in [-0.1, -0.05) is 36.4 Å². The third kappa shape index (κ3) is 3.72. The normalized spacial score (nSPS) is 29.3. The van der Waals surface area contributed by atoms with Crippen LogP contribution in [0.3, 0.4) is 0 Å². The van der Waals surface area contributed by atoms with Crippen molar-refractivity contribution in [1.29, 1.82) is 0 Å². The first kappa shape index (κ1) is 26.3. The monoisotopic (exact) mass is 551 g/mol. The number of phenols is 1. The minimum atomic E-state index is -1.97. The van der Waals surface area contributed by atoms with E-state index in [0.717, 1.165) is 11.1 Å². The Morgan fingerprint density at radius 1 is 1.18 bits per heavy atom. The fourth-order valence-electron chi connectivity index (χ4n) is 6.94. The molecular weight excluding hydrogens is 522 g/mol. The van der Waals surface area contributed by atoms with Gasteiger partial charge in [-0.05, 0) is 44.1 Å². The fraction of sp³-hybridized carbons (Fsp3) is 0.414. The highest BCUT2D eigenvalue weighted by Crippen LogP contribution is 2.65. The lowest BCUT2D eigenvalue weighted by Crippen LogP contribution is -2.74. The Morgan fingerprint density at radius 3 is 2.65 bits per heavy atom. The van der Waals surface area contributed by atoms with Crippen molar-refractivity contribution in [2.45, 2.75) is 61.1 Å². The van der Waals surface area contributed by atoms with Crippen LogP contribution in [0, 0.1) is 0 Å². The molecule has 2 aromatic carbocycles. The van der Waals surface area contributed by atoms with E-state index in [2.05, 4.69) is 4.90 Å². The standard InChI is InChI=1S/C29H29NO10/c1-30-12-11-28-22-16-7-8-17(31)24(22)39-25(28)19(9-10-29(28,37)20(30)13-16)38-21(33)14-18(32)27(36)40-23(26(34)35)15-5-3-2-4-6-15/h2-9,18,20,23,25,31-32,37H,10-14H2,1H3,(H,34,35)/t18-,20-,23-,25-,28-,29+/m0/s1. The van der Waals surface area contributed by atoms with Crippen molar-refractivity contribution in [3.8, 4) is 11.5 Å². The maximum atomic E-state index is 12.9. The fourth-order valence-corrected chi connectivity index (χ4v) is 6.94. The number of rotatable bonds is 7. The zero-order valence-electron chi connectivity index (χ0n) is 21.6. The second kappa shape index (κ2) is 9.33. The second-order valence-electron chi connectivity index (χ2n) is 10.9. The third-order valence-corrected chi connectivity index (χ3v) is 8.78. The number of ether oxygens (including phenoxy) is 3. The largest absolute Gasteiger partial charge is 0.504 e. The van der Waals surface area contributed by atoms with E-state index in [1.165, 1.54) is 12.1 Å². The maximum Gasteiger partial charge on any atom is 0.349 e. The van der Waals surface area contributed by atoms with Gasteiger partial charge in [0.2, 0.25) is 6.10 Å². The number of carboxylic acids is 1. The molecular formula is C29H29NO10. The molecule has 4 aliphatic rings. The van der Waals surface area contributed by atoms with Crippen LogP contribution in [0.15, 0.2) is 54.3 Å². The van der Waals surface area contributed by atoms with Gasteiger partial charge in [0.15, 0.2) is 23.7 Å². The average Bonchev–Trinajstić information content (AvgIpc) is 3.28. The summed E-state index contributed by atoms with van der Waals surface area (Å²) in [5.41, 5.74) is -0.317. The van der Waals surface area contributed by atoms with Crippen LogP contribution in [-0.4, -0.2) is 80.7 Å². The van der Waals surface area contributed by atoms with Crippen LogP contribution < -0.4 is 4.74 Å². The first-order chi connectivity index (χ1) is 19.1. The van der Waals surface area contributed by atoms with Crippen LogP contribution in [0.2, 0.25) is 0 Å². The summed E-state index contributed by atoms with van der Waals surface area (Å²) in [6.45, 7) is 0.652. The van der Waals surface area contributed by atoms with Gasteiger partial charge < -0.3 is 39.5 Å². The Labute approximate surface area is 229 Å². The number of carbonyl (C=O) groups is 3. The lowest BCUT2D eigenvalue weighted by molar-refractivity contribution is -0.175. The first-order valence-electron chi connectivity index (χ1n) is 13.1. The van der Waals surface area contributed by atoms with Crippen molar-refractivity contribution in [3.05, 3.63) is 71.0 Å². The van der Waals surface area contributed by atoms with E-state index in [1.807, 2.05) is 13.1 Å². The Bertz CT molecular complexity index is 1420. The number of esters is 2. The number of hydrogen-bond acceptors (Lipinski definition) is 10. The van der Waals surface area contributed by atoms with E-state index < -0.39 is 53.7 Å². The highest BCUT2D eigenvalue weighted by Gasteiger charge is 2.72. The van der Waals surface area contributed by atoms with Gasteiger partial charge in [0, 0.05) is 23.6 Å². The molecule has 4 N–H and O–H groups in total. The summed E-state index contributed by atoms with van der Waals surface area (Å²) in [7, 11) is 1.96. The third-order valence-electron chi connectivity index (χ3n) is 8.78. The molecule has 0 radical (unpaired) electrons. The van der Waals surface area contributed by atoms with Crippen molar-refractivity contribution in [2.24, 2.45) is 0 Å². The molecule has 2 aliphatic heterocycles. The van der Waals surface area contributed by atoms with E-state index in [4.69, 9.17) is 14.2 Å². The summed E-state index contributed by atoms with van der Waals surface area (Å²) in [5, 5.41) is 42.6. The number of phenolic OH excluding ortho intramolecular Hbond substituents is 1. The molecule has 11 heteroatoms. The van der Waals surface area contributed by atoms with Crippen LogP contribution in [0.1, 0.15) is 42.1 Å². The number of nitrogens with zero attached hydrogens (tertiary/aromatic N) is 1. The summed E-state index contributed by atoms with van der Waals surface area (Å²) in [4.78, 5) is 39.1. The number of piperidine rings is 1. The number of likely N-dealkylation sites (N-methyl/N-ethyl adjacent to an activating group) is 1. The number of aliphatic carboxylic acids is 1. The number of benzene rings is 2. The summed E-state index contributed by atoms with van der Waals surface area (Å²) < 4.78 is 16.8. The average molecular weight is 552 g/mol. The summed E-state index contributed by atoms with van der Waals surface area (Å²) in [5.74, 6) is -3.38. The lowest BCUT2D eigenvalue weighted by Gasteiger charge is -2.61. The van der Waals surface area contributed by atoms with E-state index in [1.54, 1.807) is 30.3 Å². The van der Waals surface area contributed by atoms with Crippen LogP contribution in [-0.2, 0) is 35.7 Å². The molecule has 210 valence electrons. The number of likely N-dealkylation sites (tertiary alicyclic amines) is 1. The topological polar surface area (TPSA) is 163 Å². The van der Waals surface area contributed by atoms with Crippen molar-refractivity contribution >= 4 is 17.9 Å². The summed E-state index contributed by atoms with van der Waals surface area (Å²) >= 11 is 0. The molecule has 0 saturated carbocycles. The molecule has 6 atom stereocenters. The molecule has 2 aromatic rings. The minimum Gasteiger partial charge on any atom is -0.504 e. The zero-order valence-corrected chi connectivity index (χ0v) is 21.6. The van der Waals surface area contributed by atoms with Gasteiger partial charge in [0.05, 0.1) is 17.4 Å². The van der Waals surface area contributed by atoms with Gasteiger partial charge in [-0.2, -0.15) is 0 Å². The van der Waals surface area contributed by atoms with Crippen LogP contribution in [0.5, 0.6) is 11.5 Å². The minimum absolute atomic E-state index is 0.0718. The maximum absolute atomic E-state index is 12.9. The van der Waals surface area contributed by atoms with E-state index in [9.17, 15) is 34.8 Å². The number of hydrogen-bond donors (Lipinski definition) is 4. The van der Waals surface area contributed by atoms with Gasteiger partial charge in [0.1, 0.15) is 5.76 Å². The van der Waals surface area contributed by atoms with Crippen LogP contribution >= 0.6 is 0 Å². The van der Waals surface area contributed by atoms with Crippen LogP contribution in [0.4, 0.5) is 0 Å². The second-order valence-corrected chi connectivity index (χ2v) is 10.9. The van der Waals surface area contributed by atoms with E-state index in [-0.39, 0.29) is 35.3 Å². The quantitative estimate of drug-likeness (QED) is 0.367. The molecule has 6 rings (SSSR count). The van der Waals surface area contributed by atoms with Crippen molar-refractivity contribution < 1.29 is 49.0 Å². The zero-order chi connectivity index (χ0) is 28.4. The summed E-state index contributed by atoms with van der Waals surface area (Å²) in [6, 6.07) is 10.9. The van der Waals surface area contributed by atoms with E-state index in [0.29, 0.717) is 19.4 Å². The van der Waals surface area contributed by atoms with Gasteiger partial charge in [-0.25, -0.2) is 9.59 Å². The number of aliphatic hydroxyl groups is 2.